The van der Waals surface area contributed by atoms with Crippen LogP contribution in [0, 0.1) is 11.8 Å². The van der Waals surface area contributed by atoms with Crippen molar-refractivity contribution in [3.63, 3.8) is 0 Å². The Kier molecular flexibility index (Phi) is 3.18. The zero-order valence-electron chi connectivity index (χ0n) is 19.2. The van der Waals surface area contributed by atoms with Crippen LogP contribution in [-0.4, -0.2) is 0 Å². The van der Waals surface area contributed by atoms with Crippen molar-refractivity contribution >= 4 is 6.08 Å². The SMILES string of the molecule is C1=Cc2c(ccc3c2[C@H]2C4c5ccccc5C5(c6ccccc6-c6ccccc65)[C@H]4[C@H]2C3)CC1. The maximum Gasteiger partial charge on any atom is 0.0503 e. The molecular formula is C34H26. The van der Waals surface area contributed by atoms with Crippen molar-refractivity contribution < 1.29 is 0 Å². The summed E-state index contributed by atoms with van der Waals surface area (Å²) < 4.78 is 0. The molecule has 0 heterocycles. The Bertz CT molecular complexity index is 1520. The van der Waals surface area contributed by atoms with E-state index in [-0.39, 0.29) is 5.41 Å². The highest BCUT2D eigenvalue weighted by Gasteiger charge is 2.70. The quantitative estimate of drug-likeness (QED) is 0.267. The molecule has 0 N–H and O–H groups in total. The molecule has 0 amide bonds. The monoisotopic (exact) mass is 434 g/mol. The van der Waals surface area contributed by atoms with E-state index in [0.29, 0.717) is 23.7 Å². The Morgan fingerprint density at radius 1 is 0.647 bits per heavy atom. The molecule has 0 aliphatic heterocycles. The van der Waals surface area contributed by atoms with Crippen LogP contribution in [0.3, 0.4) is 0 Å². The van der Waals surface area contributed by atoms with Gasteiger partial charge in [-0.05, 0) is 98.6 Å². The van der Waals surface area contributed by atoms with E-state index in [2.05, 4.69) is 97.1 Å². The molecule has 4 atom stereocenters. The number of benzene rings is 4. The van der Waals surface area contributed by atoms with Gasteiger partial charge in [0, 0.05) is 0 Å². The van der Waals surface area contributed by atoms with E-state index in [9.17, 15) is 0 Å². The predicted octanol–water partition coefficient (Wildman–Crippen LogP) is 7.64. The highest BCUT2D eigenvalue weighted by molar-refractivity contribution is 5.86. The molecule has 0 saturated heterocycles. The zero-order valence-corrected chi connectivity index (χ0v) is 19.2. The number of allylic oxidation sites excluding steroid dienone is 1. The number of hydrogen-bond acceptors (Lipinski definition) is 0. The van der Waals surface area contributed by atoms with Crippen molar-refractivity contribution in [3.8, 4) is 11.1 Å². The van der Waals surface area contributed by atoms with E-state index >= 15 is 0 Å². The second-order valence-corrected chi connectivity index (χ2v) is 11.1. The molecular weight excluding hydrogens is 408 g/mol. The fourth-order valence-corrected chi connectivity index (χ4v) is 9.11. The molecule has 34 heavy (non-hydrogen) atoms. The molecule has 5 aliphatic rings. The zero-order chi connectivity index (χ0) is 22.0. The molecule has 1 saturated carbocycles. The molecule has 0 radical (unpaired) electrons. The van der Waals surface area contributed by atoms with Gasteiger partial charge in [0.1, 0.15) is 0 Å². The van der Waals surface area contributed by atoms with Gasteiger partial charge < -0.3 is 0 Å². The maximum atomic E-state index is 2.48. The van der Waals surface area contributed by atoms with Crippen LogP contribution in [0.2, 0.25) is 0 Å². The van der Waals surface area contributed by atoms with Gasteiger partial charge in [0.25, 0.3) is 0 Å². The van der Waals surface area contributed by atoms with E-state index in [4.69, 9.17) is 0 Å². The molecule has 0 nitrogen and oxygen atoms in total. The minimum atomic E-state index is -0.00639. The van der Waals surface area contributed by atoms with Gasteiger partial charge in [-0.2, -0.15) is 0 Å². The van der Waals surface area contributed by atoms with Gasteiger partial charge in [0.05, 0.1) is 5.41 Å². The van der Waals surface area contributed by atoms with E-state index in [0.717, 1.165) is 0 Å². The summed E-state index contributed by atoms with van der Waals surface area (Å²) in [5.74, 6) is 2.63. The van der Waals surface area contributed by atoms with Crippen LogP contribution in [0.15, 0.2) is 91.0 Å². The van der Waals surface area contributed by atoms with Crippen molar-refractivity contribution in [1.29, 1.82) is 0 Å². The van der Waals surface area contributed by atoms with Crippen LogP contribution in [-0.2, 0) is 18.3 Å². The molecule has 4 aromatic carbocycles. The first-order valence-corrected chi connectivity index (χ1v) is 13.0. The third-order valence-electron chi connectivity index (χ3n) is 10.1. The topological polar surface area (TPSA) is 0 Å². The second-order valence-electron chi connectivity index (χ2n) is 11.1. The summed E-state index contributed by atoms with van der Waals surface area (Å²) >= 11 is 0. The Balaban J connectivity index is 1.34. The Labute approximate surface area is 201 Å². The van der Waals surface area contributed by atoms with Gasteiger partial charge in [-0.3, -0.25) is 0 Å². The lowest BCUT2D eigenvalue weighted by Crippen LogP contribution is -2.48. The fraction of sp³-hybridized carbons (Fsp3) is 0.235. The lowest BCUT2D eigenvalue weighted by Gasteiger charge is -2.53. The van der Waals surface area contributed by atoms with Gasteiger partial charge in [0.15, 0.2) is 0 Å². The van der Waals surface area contributed by atoms with Crippen LogP contribution in [0.1, 0.15) is 62.8 Å². The van der Waals surface area contributed by atoms with E-state index in [1.165, 1.54) is 30.4 Å². The minimum Gasteiger partial charge on any atom is -0.0836 e. The summed E-state index contributed by atoms with van der Waals surface area (Å²) in [6.45, 7) is 0. The molecule has 9 rings (SSSR count). The van der Waals surface area contributed by atoms with E-state index in [1.807, 2.05) is 0 Å². The summed E-state index contributed by atoms with van der Waals surface area (Å²) in [5, 5.41) is 0. The first kappa shape index (κ1) is 18.0. The predicted molar refractivity (Wildman–Crippen MR) is 138 cm³/mol. The molecule has 1 unspecified atom stereocenters. The molecule has 0 bridgehead atoms. The third kappa shape index (κ3) is 1.82. The van der Waals surface area contributed by atoms with Gasteiger partial charge in [-0.15, -0.1) is 0 Å². The van der Waals surface area contributed by atoms with Crippen molar-refractivity contribution in [2.75, 3.05) is 0 Å². The van der Waals surface area contributed by atoms with Crippen molar-refractivity contribution in [1.82, 2.24) is 0 Å². The molecule has 0 aromatic heterocycles. The number of aryl methyl sites for hydroxylation is 1. The number of rotatable bonds is 0. The van der Waals surface area contributed by atoms with Crippen LogP contribution >= 0.6 is 0 Å². The fourth-order valence-electron chi connectivity index (χ4n) is 9.11. The Hall–Kier alpha value is -3.38. The van der Waals surface area contributed by atoms with Gasteiger partial charge in [-0.25, -0.2) is 0 Å². The largest absolute Gasteiger partial charge is 0.0836 e. The summed E-state index contributed by atoms with van der Waals surface area (Å²) in [5.41, 5.74) is 15.7. The van der Waals surface area contributed by atoms with Crippen LogP contribution < -0.4 is 0 Å². The second kappa shape index (κ2) is 5.99. The molecule has 5 aliphatic carbocycles. The lowest BCUT2D eigenvalue weighted by atomic mass is 9.49. The summed E-state index contributed by atoms with van der Waals surface area (Å²) in [6, 6.07) is 33.0. The Morgan fingerprint density at radius 2 is 1.32 bits per heavy atom. The van der Waals surface area contributed by atoms with Gasteiger partial charge >= 0.3 is 0 Å². The van der Waals surface area contributed by atoms with Gasteiger partial charge in [-0.1, -0.05) is 97.1 Å². The van der Waals surface area contributed by atoms with Crippen molar-refractivity contribution in [2.24, 2.45) is 11.8 Å². The summed E-state index contributed by atoms with van der Waals surface area (Å²) in [4.78, 5) is 0. The summed E-state index contributed by atoms with van der Waals surface area (Å²) in [7, 11) is 0. The average Bonchev–Trinajstić information content (AvgIpc) is 3.46. The van der Waals surface area contributed by atoms with Crippen LogP contribution in [0.5, 0.6) is 0 Å². The van der Waals surface area contributed by atoms with Crippen LogP contribution in [0.25, 0.3) is 17.2 Å². The smallest absolute Gasteiger partial charge is 0.0503 e. The first-order valence-electron chi connectivity index (χ1n) is 13.0. The van der Waals surface area contributed by atoms with E-state index < -0.39 is 0 Å². The molecule has 1 fully saturated rings. The summed E-state index contributed by atoms with van der Waals surface area (Å²) in [6.07, 6.45) is 8.48. The van der Waals surface area contributed by atoms with Crippen LogP contribution in [0.4, 0.5) is 0 Å². The van der Waals surface area contributed by atoms with Crippen molar-refractivity contribution in [3.05, 3.63) is 136 Å². The molecule has 0 heteroatoms. The first-order chi connectivity index (χ1) is 16.9. The van der Waals surface area contributed by atoms with Gasteiger partial charge in [0.2, 0.25) is 0 Å². The molecule has 1 spiro atoms. The maximum absolute atomic E-state index is 2.48. The molecule has 162 valence electrons. The number of hydrogen-bond donors (Lipinski definition) is 0. The number of fused-ring (bicyclic) bond motifs is 17. The molecule has 4 aromatic rings. The van der Waals surface area contributed by atoms with Crippen molar-refractivity contribution in [2.45, 2.75) is 36.5 Å². The standard InChI is InChI=1S/C34H26/c1-2-10-22-20(9-1)17-18-21-19-26-31(30(21)22)32-25-13-5-8-16-29(25)34(33(26)32)27-14-6-3-11-23(27)24-12-4-7-15-28(24)34/h2-8,10-18,26,31-33H,1,9,19H2/t26-,31-,32?,33-/m0/s1. The average molecular weight is 435 g/mol. The Morgan fingerprint density at radius 3 is 2.12 bits per heavy atom. The normalized spacial score (nSPS) is 27.2. The lowest BCUT2D eigenvalue weighted by molar-refractivity contribution is 0.0819. The third-order valence-corrected chi connectivity index (χ3v) is 10.1. The van der Waals surface area contributed by atoms with E-state index in [1.54, 1.807) is 44.5 Å². The highest BCUT2D eigenvalue weighted by atomic mass is 14.7. The highest BCUT2D eigenvalue weighted by Crippen LogP contribution is 2.77. The minimum absolute atomic E-state index is 0.00639.